The summed E-state index contributed by atoms with van der Waals surface area (Å²) in [6.07, 6.45) is 5.74. The second-order valence-electron chi connectivity index (χ2n) is 9.34. The third-order valence-corrected chi connectivity index (χ3v) is 6.47. The number of ether oxygens (including phenoxy) is 1. The van der Waals surface area contributed by atoms with Crippen molar-refractivity contribution < 1.29 is 9.53 Å². The van der Waals surface area contributed by atoms with Crippen molar-refractivity contribution in [2.75, 3.05) is 13.1 Å². The number of carbonyl (C=O) groups excluding carboxylic acids is 1. The first-order chi connectivity index (χ1) is 15.2. The minimum Gasteiger partial charge on any atom is -0.444 e. The number of nitrogens with one attached hydrogen (secondary N) is 1. The number of hydrogen-bond donors (Lipinski definition) is 1. The minimum atomic E-state index is -0.553. The zero-order chi connectivity index (χ0) is 22.7. The molecule has 0 spiro atoms. The number of pyridine rings is 2. The number of nitrogens with zero attached hydrogens (tertiary/aromatic N) is 5. The summed E-state index contributed by atoms with van der Waals surface area (Å²) >= 11 is 3.52. The van der Waals surface area contributed by atoms with Crippen molar-refractivity contribution in [3.8, 4) is 17.2 Å². The van der Waals surface area contributed by atoms with E-state index in [1.54, 1.807) is 16.9 Å². The standard InChI is InChI=1S/C23H23BrN6O2/c1-22(2,3)32-21(31)30-17-7-23(30,13-26-11-17)19-5-4-14(9-27-19)18-6-16(24)12-29-20(18)15(8-25)10-28-29/h4-6,9-10,12,17,26H,7,11,13H2,1-3H3. The lowest BCUT2D eigenvalue weighted by molar-refractivity contribution is -0.105. The largest absolute Gasteiger partial charge is 0.444 e. The molecule has 3 aliphatic heterocycles. The summed E-state index contributed by atoms with van der Waals surface area (Å²) in [7, 11) is 0. The van der Waals surface area contributed by atoms with Crippen molar-refractivity contribution in [2.45, 2.75) is 44.4 Å². The van der Waals surface area contributed by atoms with Gasteiger partial charge in [-0.2, -0.15) is 10.4 Å². The Bertz CT molecular complexity index is 1250. The van der Waals surface area contributed by atoms with Crippen LogP contribution in [-0.4, -0.2) is 50.3 Å². The van der Waals surface area contributed by atoms with Crippen LogP contribution in [0.5, 0.6) is 0 Å². The Labute approximate surface area is 194 Å². The number of amides is 1. The Kier molecular flexibility index (Phi) is 4.76. The molecular formula is C23H23BrN6O2. The van der Waals surface area contributed by atoms with Gasteiger partial charge in [0.1, 0.15) is 17.2 Å². The molecule has 0 saturated carbocycles. The first-order valence-electron chi connectivity index (χ1n) is 10.5. The number of hydrogen-bond acceptors (Lipinski definition) is 6. The fraction of sp³-hybridized carbons (Fsp3) is 0.391. The summed E-state index contributed by atoms with van der Waals surface area (Å²) < 4.78 is 8.22. The molecular weight excluding hydrogens is 472 g/mol. The van der Waals surface area contributed by atoms with Gasteiger partial charge in [-0.1, -0.05) is 6.07 Å². The number of piperazine rings is 1. The van der Waals surface area contributed by atoms with Crippen LogP contribution in [0, 0.1) is 11.3 Å². The molecule has 3 aromatic rings. The van der Waals surface area contributed by atoms with Crippen molar-refractivity contribution in [1.29, 1.82) is 5.26 Å². The van der Waals surface area contributed by atoms with E-state index in [9.17, 15) is 10.1 Å². The monoisotopic (exact) mass is 494 g/mol. The highest BCUT2D eigenvalue weighted by molar-refractivity contribution is 9.10. The number of rotatable bonds is 2. The number of halogens is 1. The second-order valence-corrected chi connectivity index (χ2v) is 10.3. The van der Waals surface area contributed by atoms with E-state index >= 15 is 0 Å². The maximum absolute atomic E-state index is 12.9. The summed E-state index contributed by atoms with van der Waals surface area (Å²) in [5.41, 5.74) is 2.74. The third-order valence-electron chi connectivity index (χ3n) is 6.04. The molecule has 1 N–H and O–H groups in total. The molecule has 8 nitrogen and oxygen atoms in total. The van der Waals surface area contributed by atoms with E-state index in [1.165, 1.54) is 0 Å². The van der Waals surface area contributed by atoms with Gasteiger partial charge in [-0.15, -0.1) is 0 Å². The Morgan fingerprint density at radius 3 is 2.84 bits per heavy atom. The zero-order valence-electron chi connectivity index (χ0n) is 18.1. The summed E-state index contributed by atoms with van der Waals surface area (Å²) in [4.78, 5) is 19.6. The van der Waals surface area contributed by atoms with Gasteiger partial charge in [-0.3, -0.25) is 9.88 Å². The molecule has 1 amide bonds. The Balaban J connectivity index is 1.52. The van der Waals surface area contributed by atoms with E-state index in [-0.39, 0.29) is 12.1 Å². The number of fused-ring (bicyclic) bond motifs is 3. The summed E-state index contributed by atoms with van der Waals surface area (Å²) in [5, 5.41) is 17.2. The van der Waals surface area contributed by atoms with Gasteiger partial charge in [-0.25, -0.2) is 9.31 Å². The highest BCUT2D eigenvalue weighted by atomic mass is 79.9. The maximum Gasteiger partial charge on any atom is 0.411 e. The molecule has 3 aromatic heterocycles. The Hall–Kier alpha value is -2.96. The molecule has 6 rings (SSSR count). The fourth-order valence-corrected chi connectivity index (χ4v) is 5.18. The molecule has 2 atom stereocenters. The number of aromatic nitrogens is 3. The molecule has 2 bridgehead atoms. The quantitative estimate of drug-likeness (QED) is 0.581. The van der Waals surface area contributed by atoms with Crippen molar-refractivity contribution >= 4 is 27.5 Å². The first kappa shape index (κ1) is 20.9. The minimum absolute atomic E-state index is 0.106. The Morgan fingerprint density at radius 1 is 1.38 bits per heavy atom. The molecule has 6 heterocycles. The lowest BCUT2D eigenvalue weighted by Crippen LogP contribution is -2.76. The molecule has 0 aliphatic carbocycles. The second kappa shape index (κ2) is 7.29. The van der Waals surface area contributed by atoms with Gasteiger partial charge < -0.3 is 10.1 Å². The molecule has 0 aromatic carbocycles. The number of piperidine rings is 1. The molecule has 3 fully saturated rings. The van der Waals surface area contributed by atoms with E-state index in [4.69, 9.17) is 9.72 Å². The van der Waals surface area contributed by atoms with E-state index in [1.807, 2.05) is 50.1 Å². The number of nitriles is 1. The maximum atomic E-state index is 12.9. The van der Waals surface area contributed by atoms with E-state index in [0.29, 0.717) is 12.1 Å². The molecule has 3 aliphatic rings. The molecule has 2 unspecified atom stereocenters. The van der Waals surface area contributed by atoms with Gasteiger partial charge >= 0.3 is 6.09 Å². The van der Waals surface area contributed by atoms with Gasteiger partial charge in [-0.05, 0) is 55.3 Å². The molecule has 32 heavy (non-hydrogen) atoms. The summed E-state index contributed by atoms with van der Waals surface area (Å²) in [5.74, 6) is 0. The lowest BCUT2D eigenvalue weighted by Gasteiger charge is -2.61. The van der Waals surface area contributed by atoms with Gasteiger partial charge in [0.25, 0.3) is 0 Å². The molecule has 3 saturated heterocycles. The van der Waals surface area contributed by atoms with Crippen LogP contribution < -0.4 is 5.32 Å². The molecule has 164 valence electrons. The topological polar surface area (TPSA) is 95.5 Å². The van der Waals surface area contributed by atoms with Crippen LogP contribution in [0.15, 0.2) is 41.3 Å². The van der Waals surface area contributed by atoms with Gasteiger partial charge in [0.2, 0.25) is 0 Å². The predicted molar refractivity (Wildman–Crippen MR) is 122 cm³/mol. The SMILES string of the molecule is CC(C)(C)OC(=O)N1C2CNCC1(c1ccc(-c3cc(Br)cn4ncc(C#N)c34)cn1)C2. The van der Waals surface area contributed by atoms with Gasteiger partial charge in [0.15, 0.2) is 0 Å². The van der Waals surface area contributed by atoms with Crippen LogP contribution in [0.25, 0.3) is 16.6 Å². The average Bonchev–Trinajstić information content (AvgIpc) is 3.15. The average molecular weight is 495 g/mol. The van der Waals surface area contributed by atoms with Crippen molar-refractivity contribution in [1.82, 2.24) is 24.8 Å². The fourth-order valence-electron chi connectivity index (χ4n) is 4.76. The van der Waals surface area contributed by atoms with Crippen molar-refractivity contribution in [3.63, 3.8) is 0 Å². The highest BCUT2D eigenvalue weighted by Gasteiger charge is 2.59. The zero-order valence-corrected chi connectivity index (χ0v) is 19.7. The van der Waals surface area contributed by atoms with Crippen LogP contribution in [0.2, 0.25) is 0 Å². The lowest BCUT2D eigenvalue weighted by atomic mass is 9.72. The van der Waals surface area contributed by atoms with Crippen LogP contribution in [0.1, 0.15) is 38.4 Å². The smallest absolute Gasteiger partial charge is 0.411 e. The van der Waals surface area contributed by atoms with Crippen molar-refractivity contribution in [2.24, 2.45) is 0 Å². The third kappa shape index (κ3) is 3.26. The first-order valence-corrected chi connectivity index (χ1v) is 11.3. The molecule has 9 heteroatoms. The normalized spacial score (nSPS) is 22.3. The van der Waals surface area contributed by atoms with Gasteiger partial charge in [0, 0.05) is 41.1 Å². The van der Waals surface area contributed by atoms with Crippen LogP contribution in [-0.2, 0) is 10.3 Å². The van der Waals surface area contributed by atoms with E-state index in [2.05, 4.69) is 32.4 Å². The van der Waals surface area contributed by atoms with Crippen LogP contribution in [0.4, 0.5) is 4.79 Å². The summed E-state index contributed by atoms with van der Waals surface area (Å²) in [6.45, 7) is 7.03. The number of carbonyl (C=O) groups is 1. The summed E-state index contributed by atoms with van der Waals surface area (Å²) in [6, 6.07) is 8.23. The van der Waals surface area contributed by atoms with Gasteiger partial charge in [0.05, 0.1) is 29.0 Å². The van der Waals surface area contributed by atoms with Crippen molar-refractivity contribution in [3.05, 3.63) is 52.5 Å². The van der Waals surface area contributed by atoms with E-state index < -0.39 is 11.1 Å². The van der Waals surface area contributed by atoms with E-state index in [0.717, 1.165) is 39.8 Å². The molecule has 0 radical (unpaired) electrons. The van der Waals surface area contributed by atoms with Crippen LogP contribution >= 0.6 is 15.9 Å². The Morgan fingerprint density at radius 2 is 2.19 bits per heavy atom. The predicted octanol–water partition coefficient (Wildman–Crippen LogP) is 3.84. The van der Waals surface area contributed by atoms with Crippen LogP contribution in [0.3, 0.4) is 0 Å². The highest BCUT2D eigenvalue weighted by Crippen LogP contribution is 2.47.